The molecule has 0 bridgehead atoms. The van der Waals surface area contributed by atoms with E-state index in [2.05, 4.69) is 0 Å². The summed E-state index contributed by atoms with van der Waals surface area (Å²) in [5, 5.41) is 1.13. The minimum Gasteiger partial charge on any atom is -0.0574 e. The van der Waals surface area contributed by atoms with Gasteiger partial charge < -0.3 is 0 Å². The third kappa shape index (κ3) is 0.396. The van der Waals surface area contributed by atoms with Crippen molar-refractivity contribution in [3.05, 3.63) is 0 Å². The predicted molar refractivity (Wildman–Crippen MR) is 171 cm³/mol. The fourth-order valence-electron chi connectivity index (χ4n) is 61.2. The fraction of sp³-hybridized carbons (Fsp3) is 1.00. The zero-order valence-electron chi connectivity index (χ0n) is 30.1. The van der Waals surface area contributed by atoms with Crippen molar-refractivity contribution in [2.24, 2.45) is 271 Å². The number of hydrogen-bond donors (Lipinski definition) is 0. The summed E-state index contributed by atoms with van der Waals surface area (Å²) in [7, 11) is 0. The van der Waals surface area contributed by atoms with E-state index < -0.39 is 0 Å². The summed E-state index contributed by atoms with van der Waals surface area (Å²) < 4.78 is 0. The van der Waals surface area contributed by atoms with Gasteiger partial charge in [0.25, 0.3) is 0 Å². The molecule has 1 heteroatoms. The molecule has 0 N–H and O–H groups in total. The highest BCUT2D eigenvalue weighted by atomic mass is 15.7. The highest BCUT2D eigenvalue weighted by Crippen LogP contribution is 3.71. The molecule has 55 heavy (non-hydrogen) atoms. The topological polar surface area (TPSA) is 0 Å². The first kappa shape index (κ1) is 18.2. The molecule has 0 amide bonds. The molecule has 38 aliphatic carbocycles. The first-order valence-electron chi connectivity index (χ1n) is 27.4. The van der Waals surface area contributed by atoms with Crippen LogP contribution >= 0.6 is 0 Å². The largest absolute Gasteiger partial charge is 0.155 e. The van der Waals surface area contributed by atoms with E-state index in [1.54, 1.807) is 0 Å². The average molecular weight is 691 g/mol. The average Bonchev–Trinajstić information content (AvgIpc) is 3.63. The van der Waals surface area contributed by atoms with Crippen LogP contribution in [0.4, 0.5) is 0 Å². The minimum absolute atomic E-state index is 1.10. The molecule has 40 rings (SSSR count). The maximum Gasteiger partial charge on any atom is 0.155 e. The van der Waals surface area contributed by atoms with Gasteiger partial charge in [-0.2, -0.15) is 0 Å². The second-order valence-corrected chi connectivity index (χ2v) is 35.9. The Balaban J connectivity index is 0.841. The molecule has 40 fully saturated rings. The molecular weight excluding hydrogens is 659 g/mol. The molecule has 0 radical (unpaired) electrons. The lowest BCUT2D eigenvalue weighted by molar-refractivity contribution is -1.20. The van der Waals surface area contributed by atoms with E-state index in [4.69, 9.17) is 0 Å². The van der Waals surface area contributed by atoms with Crippen molar-refractivity contribution in [3.8, 4) is 0 Å². The van der Waals surface area contributed by atoms with Crippen LogP contribution in [0.3, 0.4) is 0 Å². The smallest absolute Gasteiger partial charge is 0.0574 e. The van der Waals surface area contributed by atoms with Gasteiger partial charge in [-0.05, 0) is 296 Å². The van der Waals surface area contributed by atoms with Crippen LogP contribution < -0.4 is 0 Å². The Morgan fingerprint density at radius 3 is 1.98 bits per heavy atom. The molecule has 40 aliphatic rings. The van der Waals surface area contributed by atoms with E-state index in [0.717, 1.165) is 141 Å². The van der Waals surface area contributed by atoms with Crippen LogP contribution in [0.5, 0.6) is 0 Å². The second-order valence-electron chi connectivity index (χ2n) is 35.9. The predicted octanol–water partition coefficient (Wildman–Crippen LogP) is 4.51. The zero-order chi connectivity index (χ0) is 30.1. The lowest BCUT2D eigenvalue weighted by Gasteiger charge is -3.65. The van der Waals surface area contributed by atoms with Crippen molar-refractivity contribution >= 4 is 6.71 Å². The quantitative estimate of drug-likeness (QED) is 0.329. The van der Waals surface area contributed by atoms with Crippen LogP contribution in [0.1, 0.15) is 19.3 Å². The highest BCUT2D eigenvalue weighted by molar-refractivity contribution is 6.87. The van der Waals surface area contributed by atoms with Gasteiger partial charge in [0.2, 0.25) is 0 Å². The van der Waals surface area contributed by atoms with Crippen LogP contribution in [-0.4, -0.2) is 6.71 Å². The van der Waals surface area contributed by atoms with E-state index in [0.29, 0.717) is 0 Å². The molecule has 0 aromatic rings. The summed E-state index contributed by atoms with van der Waals surface area (Å²) in [5.41, 5.74) is 28.2. The van der Waals surface area contributed by atoms with Crippen molar-refractivity contribution in [2.75, 3.05) is 0 Å². The minimum atomic E-state index is 1.10. The van der Waals surface area contributed by atoms with Gasteiger partial charge >= 0.3 is 0 Å². The molecular formula is C54H31B. The lowest BCUT2D eigenvalue weighted by atomic mass is 8.36. The molecule has 0 aromatic heterocycles. The Bertz CT molecular complexity index is 3740. The van der Waals surface area contributed by atoms with Gasteiger partial charge in [0.05, 0.1) is 0 Å². The molecule has 2 aliphatic heterocycles. The Kier molecular flexibility index (Phi) is 0.896. The molecule has 2 heterocycles. The lowest BCUT2D eigenvalue weighted by Crippen LogP contribution is -3.64. The normalized spacial score (nSPS) is 142. The third-order valence-electron chi connectivity index (χ3n) is 48.1. The van der Waals surface area contributed by atoms with Gasteiger partial charge in [0.15, 0.2) is 6.71 Å². The Morgan fingerprint density at radius 2 is 1.04 bits per heavy atom. The van der Waals surface area contributed by atoms with Gasteiger partial charge in [-0.15, -0.1) is 0 Å². The standard InChI is InChI=1S/C54H31B/c1-4-10-17-25-44-32(17)24(10)43-31-11(4)5(1)12(31)19-20-14-7-2-6-13-18-15-8-3-9-16-21-22-23-26-48(44,55(25)26)42(23)41(22)40(21)37(16)30(8,9)36(15)35(18)28-46(36,37)51(40)47(28)45-27-33(13,35)29(6,7)34(14,27)38(20,45)39(19,31)50(43,45)54(47)49(32,43)52(42,44)53(41,51)54/h4-28H,1-3H2/t4-,5?,6?,7?,8?,9?,10?,11?,12?,13?,14?,15?,16?,17?,18?,19?,20?,21?,22?,23?,24?,25+,26?,27?,28?,29?,30?,31?,32?,33?,34?,35?,36?,37?,38?,39?,40?,41?,42?,43?,44?,45?,46?,47?,48?,49?,50?,51?,52?,53?,54?/m0/s1. The Labute approximate surface area is 313 Å². The molecule has 2 saturated heterocycles. The van der Waals surface area contributed by atoms with Crippen molar-refractivity contribution in [1.82, 2.24) is 0 Å². The second kappa shape index (κ2) is 2.71. The first-order valence-corrected chi connectivity index (χ1v) is 27.4. The van der Waals surface area contributed by atoms with Crippen LogP contribution in [-0.2, 0) is 0 Å². The molecule has 0 nitrogen and oxygen atoms in total. The molecule has 51 atom stereocenters. The number of fused-ring (bicyclic) bond motifs is 19. The summed E-state index contributed by atoms with van der Waals surface area (Å²) in [6, 6.07) is 0. The summed E-state index contributed by atoms with van der Waals surface area (Å²) in [6.45, 7) is 1.42. The maximum absolute atomic E-state index is 1.87. The van der Waals surface area contributed by atoms with Crippen LogP contribution in [0.2, 0.25) is 16.9 Å². The van der Waals surface area contributed by atoms with Gasteiger partial charge in [0.1, 0.15) is 0 Å². The molecule has 250 valence electrons. The van der Waals surface area contributed by atoms with Crippen molar-refractivity contribution in [2.45, 2.75) is 36.2 Å². The first-order chi connectivity index (χ1) is 27.4. The van der Waals surface area contributed by atoms with Crippen molar-refractivity contribution in [3.63, 3.8) is 0 Å². The third-order valence-corrected chi connectivity index (χ3v) is 48.1. The summed E-state index contributed by atoms with van der Waals surface area (Å²) in [5.74, 6) is 35.3. The van der Waals surface area contributed by atoms with Gasteiger partial charge in [-0.3, -0.25) is 0 Å². The van der Waals surface area contributed by atoms with Crippen LogP contribution in [0.15, 0.2) is 0 Å². The van der Waals surface area contributed by atoms with Gasteiger partial charge in [-0.25, -0.2) is 0 Å². The van der Waals surface area contributed by atoms with E-state index in [9.17, 15) is 0 Å². The summed E-state index contributed by atoms with van der Waals surface area (Å²) >= 11 is 0. The van der Waals surface area contributed by atoms with E-state index in [1.807, 2.05) is 19.3 Å². The van der Waals surface area contributed by atoms with E-state index in [-0.39, 0.29) is 0 Å². The SMILES string of the molecule is C1C2C3C4C5C6CC7C8C9C%10C%11C%12B%13[C@@H]%14C%15C%16C%17C%15%18C%14%15C%13%12C%11%12C%10%11C9%10C89C67C56C45C4C69C%106C47C48C9C35C23C1C1C2C5C%10C%13C[C@@H]%16C%13C%10%13C5(C24C193)C81C%17%13C%182C%12%15C%116C712. The number of hydrogen-bond acceptors (Lipinski definition) is 0. The molecule has 26 spiro atoms. The van der Waals surface area contributed by atoms with Crippen molar-refractivity contribution in [1.29, 1.82) is 0 Å². The Hall–Kier alpha value is 0.0649. The van der Waals surface area contributed by atoms with Crippen LogP contribution in [0, 0.1) is 271 Å². The molecule has 49 unspecified atom stereocenters. The zero-order valence-corrected chi connectivity index (χ0v) is 30.1. The summed E-state index contributed by atoms with van der Waals surface area (Å²) in [4.78, 5) is 0. The van der Waals surface area contributed by atoms with Crippen molar-refractivity contribution < 1.29 is 0 Å². The van der Waals surface area contributed by atoms with Crippen LogP contribution in [0.25, 0.3) is 0 Å². The van der Waals surface area contributed by atoms with E-state index in [1.165, 1.54) is 154 Å². The fourth-order valence-corrected chi connectivity index (χ4v) is 61.2. The van der Waals surface area contributed by atoms with E-state index >= 15 is 0 Å². The highest BCUT2D eigenvalue weighted by Gasteiger charge is 3.69. The molecule has 38 saturated carbocycles. The van der Waals surface area contributed by atoms with Gasteiger partial charge in [0, 0.05) is 0 Å². The molecule has 0 aromatic carbocycles. The van der Waals surface area contributed by atoms with Gasteiger partial charge in [-0.1, -0.05) is 11.6 Å². The summed E-state index contributed by atoms with van der Waals surface area (Å²) in [6.07, 6.45) is 5.59. The Morgan fingerprint density at radius 1 is 0.309 bits per heavy atom. The monoisotopic (exact) mass is 690 g/mol. The maximum atomic E-state index is 1.87. The number of rotatable bonds is 0.